The lowest BCUT2D eigenvalue weighted by atomic mass is 9.80. The van der Waals surface area contributed by atoms with Crippen molar-refractivity contribution < 1.29 is 14.4 Å². The van der Waals surface area contributed by atoms with E-state index in [-0.39, 0.29) is 17.8 Å². The quantitative estimate of drug-likeness (QED) is 0.773. The van der Waals surface area contributed by atoms with Gasteiger partial charge in [0, 0.05) is 17.9 Å². The Hall–Kier alpha value is -0.905. The molecule has 0 unspecified atom stereocenters. The monoisotopic (exact) mass is 235 g/mol. The van der Waals surface area contributed by atoms with Crippen LogP contribution < -0.4 is 5.46 Å². The maximum atomic E-state index is 9.09. The molecule has 4 nitrogen and oxygen atoms in total. The summed E-state index contributed by atoms with van der Waals surface area (Å²) in [6.45, 7) is 8.01. The van der Waals surface area contributed by atoms with Gasteiger partial charge in [-0.15, -0.1) is 0 Å². The largest absolute Gasteiger partial charge is 0.496 e. The van der Waals surface area contributed by atoms with Gasteiger partial charge >= 0.3 is 7.12 Å². The van der Waals surface area contributed by atoms with Crippen LogP contribution in [-0.4, -0.2) is 28.4 Å². The first kappa shape index (κ1) is 12.5. The average Bonchev–Trinajstić information content (AvgIpc) is 2.48. The molecule has 1 saturated heterocycles. The first-order valence-electron chi connectivity index (χ1n) is 5.76. The molecule has 1 fully saturated rings. The lowest BCUT2D eigenvalue weighted by Crippen LogP contribution is -2.41. The van der Waals surface area contributed by atoms with Gasteiger partial charge in [0.1, 0.15) is 0 Å². The molecule has 0 radical (unpaired) electrons. The molecular weight excluding hydrogens is 217 g/mol. The van der Waals surface area contributed by atoms with E-state index in [2.05, 4.69) is 4.98 Å². The molecule has 0 saturated carbocycles. The fourth-order valence-electron chi connectivity index (χ4n) is 1.70. The summed E-state index contributed by atoms with van der Waals surface area (Å²) in [5, 5.41) is 9.09. The summed E-state index contributed by atoms with van der Waals surface area (Å²) in [5.74, 6) is 0. The van der Waals surface area contributed by atoms with Crippen LogP contribution in [-0.2, 0) is 15.9 Å². The summed E-state index contributed by atoms with van der Waals surface area (Å²) in [7, 11) is -0.418. The molecule has 1 aromatic rings. The molecule has 2 heterocycles. The summed E-state index contributed by atoms with van der Waals surface area (Å²) in [4.78, 5) is 4.08. The fourth-order valence-corrected chi connectivity index (χ4v) is 1.70. The van der Waals surface area contributed by atoms with Crippen LogP contribution in [0.1, 0.15) is 33.3 Å². The van der Waals surface area contributed by atoms with E-state index in [1.165, 1.54) is 0 Å². The topological polar surface area (TPSA) is 51.6 Å². The van der Waals surface area contributed by atoms with Gasteiger partial charge in [0.15, 0.2) is 0 Å². The lowest BCUT2D eigenvalue weighted by molar-refractivity contribution is 0.00578. The number of hydrogen-bond donors (Lipinski definition) is 1. The molecular formula is C12H18BNO3. The molecule has 0 aliphatic carbocycles. The third kappa shape index (κ3) is 2.23. The van der Waals surface area contributed by atoms with Crippen molar-refractivity contribution in [1.82, 2.24) is 4.98 Å². The highest BCUT2D eigenvalue weighted by atomic mass is 16.7. The summed E-state index contributed by atoms with van der Waals surface area (Å²) >= 11 is 0. The SMILES string of the molecule is CC1(C)OB(c2cncc(CO)c2)OC1(C)C. The third-order valence-corrected chi connectivity index (χ3v) is 3.52. The van der Waals surface area contributed by atoms with Gasteiger partial charge in [-0.25, -0.2) is 0 Å². The standard InChI is InChI=1S/C12H18BNO3/c1-11(2)12(3,4)17-13(16-11)10-5-9(8-15)6-14-7-10/h5-7,15H,8H2,1-4H3. The predicted octanol–water partition coefficient (Wildman–Crippen LogP) is 0.873. The zero-order valence-electron chi connectivity index (χ0n) is 10.7. The zero-order chi connectivity index (χ0) is 12.7. The minimum atomic E-state index is -0.418. The van der Waals surface area contributed by atoms with E-state index in [4.69, 9.17) is 14.4 Å². The lowest BCUT2D eigenvalue weighted by Gasteiger charge is -2.32. The second-order valence-corrected chi connectivity index (χ2v) is 5.37. The van der Waals surface area contributed by atoms with Crippen LogP contribution in [0.25, 0.3) is 0 Å². The zero-order valence-corrected chi connectivity index (χ0v) is 10.7. The Labute approximate surface area is 102 Å². The number of pyridine rings is 1. The van der Waals surface area contributed by atoms with Crippen molar-refractivity contribution in [3.05, 3.63) is 24.0 Å². The van der Waals surface area contributed by atoms with E-state index >= 15 is 0 Å². The van der Waals surface area contributed by atoms with Gasteiger partial charge in [-0.2, -0.15) is 0 Å². The van der Waals surface area contributed by atoms with Crippen LogP contribution in [0.5, 0.6) is 0 Å². The molecule has 1 N–H and O–H groups in total. The minimum absolute atomic E-state index is 0.0274. The number of rotatable bonds is 2. The highest BCUT2D eigenvalue weighted by Crippen LogP contribution is 2.36. The fraction of sp³-hybridized carbons (Fsp3) is 0.583. The highest BCUT2D eigenvalue weighted by Gasteiger charge is 2.51. The summed E-state index contributed by atoms with van der Waals surface area (Å²) < 4.78 is 11.8. The molecule has 0 aromatic carbocycles. The van der Waals surface area contributed by atoms with E-state index in [9.17, 15) is 0 Å². The first-order valence-corrected chi connectivity index (χ1v) is 5.76. The van der Waals surface area contributed by atoms with E-state index in [0.29, 0.717) is 0 Å². The molecule has 1 aromatic heterocycles. The molecule has 0 spiro atoms. The number of hydrogen-bond acceptors (Lipinski definition) is 4. The summed E-state index contributed by atoms with van der Waals surface area (Å²) in [6.07, 6.45) is 3.34. The van der Waals surface area contributed by atoms with Gasteiger partial charge in [0.25, 0.3) is 0 Å². The van der Waals surface area contributed by atoms with Crippen LogP contribution in [0.4, 0.5) is 0 Å². The van der Waals surface area contributed by atoms with Gasteiger partial charge in [-0.3, -0.25) is 4.98 Å². The Balaban J connectivity index is 2.25. The smallest absolute Gasteiger partial charge is 0.399 e. The Bertz CT molecular complexity index is 404. The molecule has 17 heavy (non-hydrogen) atoms. The van der Waals surface area contributed by atoms with Crippen LogP contribution in [0.3, 0.4) is 0 Å². The van der Waals surface area contributed by atoms with Crippen molar-refractivity contribution >= 4 is 12.6 Å². The van der Waals surface area contributed by atoms with E-state index in [0.717, 1.165) is 11.0 Å². The third-order valence-electron chi connectivity index (χ3n) is 3.52. The van der Waals surface area contributed by atoms with Gasteiger partial charge in [0.05, 0.1) is 17.8 Å². The summed E-state index contributed by atoms with van der Waals surface area (Å²) in [6, 6.07) is 1.86. The van der Waals surface area contributed by atoms with Crippen molar-refractivity contribution in [3.8, 4) is 0 Å². The Kier molecular flexibility index (Phi) is 3.02. The Morgan fingerprint density at radius 3 is 2.29 bits per heavy atom. The van der Waals surface area contributed by atoms with E-state index in [1.807, 2.05) is 33.8 Å². The number of aromatic nitrogens is 1. The van der Waals surface area contributed by atoms with E-state index in [1.54, 1.807) is 12.4 Å². The number of nitrogens with zero attached hydrogens (tertiary/aromatic N) is 1. The maximum absolute atomic E-state index is 9.09. The molecule has 0 atom stereocenters. The molecule has 5 heteroatoms. The average molecular weight is 235 g/mol. The van der Waals surface area contributed by atoms with Crippen LogP contribution in [0.2, 0.25) is 0 Å². The summed E-state index contributed by atoms with van der Waals surface area (Å²) in [5.41, 5.74) is 0.896. The normalized spacial score (nSPS) is 21.8. The first-order chi connectivity index (χ1) is 7.86. The molecule has 2 rings (SSSR count). The second-order valence-electron chi connectivity index (χ2n) is 5.37. The highest BCUT2D eigenvalue weighted by molar-refractivity contribution is 6.62. The van der Waals surface area contributed by atoms with Crippen LogP contribution >= 0.6 is 0 Å². The predicted molar refractivity (Wildman–Crippen MR) is 65.9 cm³/mol. The minimum Gasteiger partial charge on any atom is -0.399 e. The number of aliphatic hydroxyl groups is 1. The Morgan fingerprint density at radius 1 is 1.18 bits per heavy atom. The molecule has 0 amide bonds. The van der Waals surface area contributed by atoms with Gasteiger partial charge in [-0.1, -0.05) is 6.07 Å². The maximum Gasteiger partial charge on any atom is 0.496 e. The van der Waals surface area contributed by atoms with Gasteiger partial charge in [0.2, 0.25) is 0 Å². The van der Waals surface area contributed by atoms with Crippen molar-refractivity contribution in [2.24, 2.45) is 0 Å². The van der Waals surface area contributed by atoms with Gasteiger partial charge in [-0.05, 0) is 33.3 Å². The van der Waals surface area contributed by atoms with Crippen molar-refractivity contribution in [3.63, 3.8) is 0 Å². The van der Waals surface area contributed by atoms with Crippen molar-refractivity contribution in [2.45, 2.75) is 45.5 Å². The van der Waals surface area contributed by atoms with E-state index < -0.39 is 7.12 Å². The van der Waals surface area contributed by atoms with Crippen molar-refractivity contribution in [2.75, 3.05) is 0 Å². The second kappa shape index (κ2) is 4.08. The van der Waals surface area contributed by atoms with Gasteiger partial charge < -0.3 is 14.4 Å². The number of aliphatic hydroxyl groups excluding tert-OH is 1. The molecule has 1 aliphatic rings. The molecule has 92 valence electrons. The van der Waals surface area contributed by atoms with Crippen molar-refractivity contribution in [1.29, 1.82) is 0 Å². The van der Waals surface area contributed by atoms with Crippen LogP contribution in [0, 0.1) is 0 Å². The molecule has 1 aliphatic heterocycles. The molecule has 0 bridgehead atoms. The Morgan fingerprint density at radius 2 is 1.76 bits per heavy atom. The van der Waals surface area contributed by atoms with Crippen LogP contribution in [0.15, 0.2) is 18.5 Å².